The summed E-state index contributed by atoms with van der Waals surface area (Å²) in [4.78, 5) is 4.05. The Balaban J connectivity index is 2.01. The van der Waals surface area contributed by atoms with E-state index in [-0.39, 0.29) is 6.61 Å². The molecule has 0 amide bonds. The van der Waals surface area contributed by atoms with Crippen LogP contribution in [-0.2, 0) is 17.9 Å². The van der Waals surface area contributed by atoms with Gasteiger partial charge in [-0.25, -0.2) is 4.98 Å². The summed E-state index contributed by atoms with van der Waals surface area (Å²) in [6.07, 6.45) is 6.06. The number of ether oxygens (including phenoxy) is 1. The van der Waals surface area contributed by atoms with E-state index in [2.05, 4.69) is 11.9 Å². The van der Waals surface area contributed by atoms with E-state index in [9.17, 15) is 0 Å². The number of hydrogen-bond acceptors (Lipinski definition) is 3. The Hall–Kier alpha value is -0.870. The zero-order valence-electron chi connectivity index (χ0n) is 9.09. The maximum atomic E-state index is 9.11. The Morgan fingerprint density at radius 2 is 2.53 bits per heavy atom. The first-order valence-corrected chi connectivity index (χ1v) is 5.56. The highest BCUT2D eigenvalue weighted by Gasteiger charge is 2.27. The molecule has 0 spiro atoms. The van der Waals surface area contributed by atoms with Gasteiger partial charge in [0.15, 0.2) is 0 Å². The third kappa shape index (κ3) is 2.21. The van der Waals surface area contributed by atoms with Crippen molar-refractivity contribution in [2.75, 3.05) is 6.61 Å². The van der Waals surface area contributed by atoms with Gasteiger partial charge in [-0.2, -0.15) is 0 Å². The third-order valence-electron chi connectivity index (χ3n) is 3.14. The minimum absolute atomic E-state index is 0.0599. The van der Waals surface area contributed by atoms with E-state index in [4.69, 9.17) is 9.84 Å². The summed E-state index contributed by atoms with van der Waals surface area (Å²) in [5.41, 5.74) is 0.886. The molecule has 1 aliphatic rings. The molecule has 1 fully saturated rings. The minimum Gasteiger partial charge on any atom is -0.390 e. The average Bonchev–Trinajstić information content (AvgIpc) is 2.87. The second kappa shape index (κ2) is 4.77. The largest absolute Gasteiger partial charge is 0.390 e. The van der Waals surface area contributed by atoms with E-state index in [1.807, 2.05) is 4.57 Å². The van der Waals surface area contributed by atoms with Crippen molar-refractivity contribution in [3.8, 4) is 0 Å². The van der Waals surface area contributed by atoms with Gasteiger partial charge in [0.25, 0.3) is 0 Å². The summed E-state index contributed by atoms with van der Waals surface area (Å²) < 4.78 is 7.67. The van der Waals surface area contributed by atoms with Crippen LogP contribution in [0.3, 0.4) is 0 Å². The van der Waals surface area contributed by atoms with Crippen molar-refractivity contribution in [2.45, 2.75) is 39.0 Å². The minimum atomic E-state index is 0.0599. The fourth-order valence-electron chi connectivity index (χ4n) is 2.25. The van der Waals surface area contributed by atoms with Crippen molar-refractivity contribution in [1.29, 1.82) is 0 Å². The number of imidazole rings is 1. The van der Waals surface area contributed by atoms with Gasteiger partial charge in [0.1, 0.15) is 0 Å². The van der Waals surface area contributed by atoms with Gasteiger partial charge in [0.2, 0.25) is 0 Å². The van der Waals surface area contributed by atoms with Crippen LogP contribution in [0.2, 0.25) is 0 Å². The molecule has 1 aromatic heterocycles. The predicted molar refractivity (Wildman–Crippen MR) is 56.3 cm³/mol. The van der Waals surface area contributed by atoms with Crippen LogP contribution in [-0.4, -0.2) is 27.4 Å². The van der Waals surface area contributed by atoms with E-state index < -0.39 is 0 Å². The molecular weight excluding hydrogens is 192 g/mol. The molecule has 1 saturated heterocycles. The van der Waals surface area contributed by atoms with Crippen molar-refractivity contribution in [2.24, 2.45) is 5.92 Å². The first kappa shape index (κ1) is 10.6. The molecule has 0 bridgehead atoms. The molecule has 0 aromatic carbocycles. The lowest BCUT2D eigenvalue weighted by atomic mass is 9.99. The summed E-state index contributed by atoms with van der Waals surface area (Å²) >= 11 is 0. The van der Waals surface area contributed by atoms with E-state index in [1.165, 1.54) is 0 Å². The van der Waals surface area contributed by atoms with E-state index in [1.54, 1.807) is 12.5 Å². The van der Waals surface area contributed by atoms with Crippen molar-refractivity contribution in [1.82, 2.24) is 9.55 Å². The first-order valence-electron chi connectivity index (χ1n) is 5.56. The Morgan fingerprint density at radius 1 is 1.67 bits per heavy atom. The summed E-state index contributed by atoms with van der Waals surface area (Å²) in [6.45, 7) is 3.99. The van der Waals surface area contributed by atoms with Crippen molar-refractivity contribution < 1.29 is 9.84 Å². The maximum absolute atomic E-state index is 9.11. The average molecular weight is 210 g/mol. The summed E-state index contributed by atoms with van der Waals surface area (Å²) in [7, 11) is 0. The number of nitrogens with zero attached hydrogens (tertiary/aromatic N) is 2. The molecule has 4 heteroatoms. The second-order valence-electron chi connectivity index (χ2n) is 4.06. The quantitative estimate of drug-likeness (QED) is 0.812. The summed E-state index contributed by atoms with van der Waals surface area (Å²) in [6, 6.07) is 0. The van der Waals surface area contributed by atoms with Crippen LogP contribution in [0.1, 0.15) is 25.5 Å². The van der Waals surface area contributed by atoms with E-state index >= 15 is 0 Å². The highest BCUT2D eigenvalue weighted by molar-refractivity contribution is 4.97. The fourth-order valence-corrected chi connectivity index (χ4v) is 2.25. The SMILES string of the molecule is CCC1OCCC1Cn1cncc1CO. The van der Waals surface area contributed by atoms with Crippen LogP contribution in [0.5, 0.6) is 0 Å². The molecule has 0 radical (unpaired) electrons. The van der Waals surface area contributed by atoms with Gasteiger partial charge in [0, 0.05) is 19.1 Å². The lowest BCUT2D eigenvalue weighted by molar-refractivity contribution is 0.0829. The molecule has 2 rings (SSSR count). The molecule has 2 unspecified atom stereocenters. The second-order valence-corrected chi connectivity index (χ2v) is 4.06. The highest BCUT2D eigenvalue weighted by atomic mass is 16.5. The van der Waals surface area contributed by atoms with Crippen LogP contribution in [0.4, 0.5) is 0 Å². The Kier molecular flexibility index (Phi) is 3.38. The van der Waals surface area contributed by atoms with E-state index in [0.717, 1.165) is 31.7 Å². The van der Waals surface area contributed by atoms with Gasteiger partial charge in [0.05, 0.1) is 30.9 Å². The zero-order chi connectivity index (χ0) is 10.7. The number of aliphatic hydroxyl groups is 1. The number of aliphatic hydroxyl groups excluding tert-OH is 1. The Morgan fingerprint density at radius 3 is 3.27 bits per heavy atom. The van der Waals surface area contributed by atoms with Crippen LogP contribution >= 0.6 is 0 Å². The van der Waals surface area contributed by atoms with Gasteiger partial charge in [-0.05, 0) is 12.8 Å². The van der Waals surface area contributed by atoms with Crippen molar-refractivity contribution >= 4 is 0 Å². The smallest absolute Gasteiger partial charge is 0.0948 e. The molecule has 15 heavy (non-hydrogen) atoms. The molecule has 0 saturated carbocycles. The molecule has 1 aliphatic heterocycles. The molecule has 4 nitrogen and oxygen atoms in total. The highest BCUT2D eigenvalue weighted by Crippen LogP contribution is 2.25. The van der Waals surface area contributed by atoms with E-state index in [0.29, 0.717) is 12.0 Å². The van der Waals surface area contributed by atoms with Crippen molar-refractivity contribution in [3.63, 3.8) is 0 Å². The Labute approximate surface area is 89.9 Å². The van der Waals surface area contributed by atoms with Gasteiger partial charge >= 0.3 is 0 Å². The molecule has 2 heterocycles. The molecule has 2 atom stereocenters. The summed E-state index contributed by atoms with van der Waals surface area (Å²) in [5, 5.41) is 9.11. The normalized spacial score (nSPS) is 26.0. The van der Waals surface area contributed by atoms with Crippen LogP contribution in [0, 0.1) is 5.92 Å². The zero-order valence-corrected chi connectivity index (χ0v) is 9.09. The maximum Gasteiger partial charge on any atom is 0.0948 e. The van der Waals surface area contributed by atoms with Gasteiger partial charge < -0.3 is 14.4 Å². The number of hydrogen-bond donors (Lipinski definition) is 1. The van der Waals surface area contributed by atoms with Crippen molar-refractivity contribution in [3.05, 3.63) is 18.2 Å². The molecule has 1 aromatic rings. The van der Waals surface area contributed by atoms with Gasteiger partial charge in [-0.1, -0.05) is 6.92 Å². The topological polar surface area (TPSA) is 47.3 Å². The molecule has 1 N–H and O–H groups in total. The number of rotatable bonds is 4. The monoisotopic (exact) mass is 210 g/mol. The molecule has 84 valence electrons. The standard InChI is InChI=1S/C11H18N2O2/c1-2-11-9(3-4-15-11)6-13-8-12-5-10(13)7-14/h5,8-9,11,14H,2-4,6-7H2,1H3. The Bertz CT molecular complexity index is 311. The lowest BCUT2D eigenvalue weighted by Crippen LogP contribution is -2.20. The van der Waals surface area contributed by atoms with Crippen LogP contribution < -0.4 is 0 Å². The predicted octanol–water partition coefficient (Wildman–Crippen LogP) is 1.19. The van der Waals surface area contributed by atoms with Crippen LogP contribution in [0.25, 0.3) is 0 Å². The lowest BCUT2D eigenvalue weighted by Gasteiger charge is -2.18. The third-order valence-corrected chi connectivity index (χ3v) is 3.14. The van der Waals surface area contributed by atoms with Gasteiger partial charge in [-0.3, -0.25) is 0 Å². The fraction of sp³-hybridized carbons (Fsp3) is 0.727. The molecular formula is C11H18N2O2. The van der Waals surface area contributed by atoms with Gasteiger partial charge in [-0.15, -0.1) is 0 Å². The summed E-state index contributed by atoms with van der Waals surface area (Å²) in [5.74, 6) is 0.564. The number of aromatic nitrogens is 2. The van der Waals surface area contributed by atoms with Crippen LogP contribution in [0.15, 0.2) is 12.5 Å². The molecule has 0 aliphatic carbocycles. The first-order chi connectivity index (χ1) is 7.35.